The lowest BCUT2D eigenvalue weighted by Crippen LogP contribution is -2.09. The van der Waals surface area contributed by atoms with E-state index in [0.29, 0.717) is 35.8 Å². The van der Waals surface area contributed by atoms with Crippen LogP contribution >= 0.6 is 0 Å². The minimum atomic E-state index is -0.415. The summed E-state index contributed by atoms with van der Waals surface area (Å²) in [6.45, 7) is 4.64. The van der Waals surface area contributed by atoms with Gasteiger partial charge in [-0.2, -0.15) is 0 Å². The third kappa shape index (κ3) is 6.40. The van der Waals surface area contributed by atoms with Gasteiger partial charge in [0.05, 0.1) is 13.2 Å². The molecule has 194 valence electrons. The Kier molecular flexibility index (Phi) is 9.13. The largest absolute Gasteiger partial charge is 0.504 e. The first-order valence-electron chi connectivity index (χ1n) is 12.7. The van der Waals surface area contributed by atoms with E-state index in [2.05, 4.69) is 0 Å². The molecule has 4 rings (SSSR count). The molecule has 38 heavy (non-hydrogen) atoms. The van der Waals surface area contributed by atoms with Gasteiger partial charge in [0.1, 0.15) is 12.1 Å². The summed E-state index contributed by atoms with van der Waals surface area (Å²) in [6, 6.07) is 29.7. The first-order valence-corrected chi connectivity index (χ1v) is 12.7. The van der Waals surface area contributed by atoms with Gasteiger partial charge in [-0.1, -0.05) is 72.8 Å². The van der Waals surface area contributed by atoms with Crippen LogP contribution in [0.1, 0.15) is 48.2 Å². The molecule has 0 heterocycles. The average molecular weight is 509 g/mol. The molecular formula is C32H32N2O4. The number of aromatic hydroxyl groups is 2. The summed E-state index contributed by atoms with van der Waals surface area (Å²) < 4.78 is 11.1. The van der Waals surface area contributed by atoms with E-state index in [4.69, 9.17) is 19.5 Å². The molecule has 0 saturated heterocycles. The normalized spacial score (nSPS) is 13.0. The van der Waals surface area contributed by atoms with E-state index in [9.17, 15) is 10.2 Å². The predicted molar refractivity (Wildman–Crippen MR) is 152 cm³/mol. The minimum absolute atomic E-state index is 0.0438. The van der Waals surface area contributed by atoms with E-state index in [-0.39, 0.29) is 11.5 Å². The average Bonchev–Trinajstić information content (AvgIpc) is 2.95. The van der Waals surface area contributed by atoms with Crippen molar-refractivity contribution in [2.24, 2.45) is 9.98 Å². The number of rotatable bonds is 11. The lowest BCUT2D eigenvalue weighted by molar-refractivity contribution is 0.318. The Hall–Kier alpha value is -4.58. The van der Waals surface area contributed by atoms with Gasteiger partial charge in [-0.05, 0) is 49.2 Å². The van der Waals surface area contributed by atoms with Crippen molar-refractivity contribution in [1.82, 2.24) is 0 Å². The van der Waals surface area contributed by atoms with Crippen LogP contribution in [0.3, 0.4) is 0 Å². The molecule has 0 radical (unpaired) electrons. The Morgan fingerprint density at radius 3 is 1.34 bits per heavy atom. The van der Waals surface area contributed by atoms with Crippen LogP contribution in [0.15, 0.2) is 107 Å². The highest BCUT2D eigenvalue weighted by Crippen LogP contribution is 2.37. The molecule has 0 aliphatic heterocycles. The fourth-order valence-electron chi connectivity index (χ4n) is 4.15. The highest BCUT2D eigenvalue weighted by Gasteiger charge is 2.24. The first-order chi connectivity index (χ1) is 18.6. The number of phenolic OH excluding ortho intramolecular Hbond substituents is 2. The predicted octanol–water partition coefficient (Wildman–Crippen LogP) is 6.92. The molecule has 6 heteroatoms. The Morgan fingerprint density at radius 1 is 0.579 bits per heavy atom. The number of hydrogen-bond acceptors (Lipinski definition) is 6. The van der Waals surface area contributed by atoms with Gasteiger partial charge >= 0.3 is 0 Å². The van der Waals surface area contributed by atoms with Crippen molar-refractivity contribution >= 4 is 12.4 Å². The van der Waals surface area contributed by atoms with E-state index < -0.39 is 12.1 Å². The standard InChI is InChI=1S/C32H32N2O4/c1-3-37-27-19-11-17-25(31(27)35)21-33-29(23-13-7-5-8-14-23)30(24-15-9-6-10-16-24)34-22-26-18-12-20-28(32(26)36)38-4-2/h5-22,29-30,35-36H,3-4H2,1-2H3/t29-,30+. The third-order valence-corrected chi connectivity index (χ3v) is 5.99. The lowest BCUT2D eigenvalue weighted by Gasteiger charge is -2.22. The molecule has 0 spiro atoms. The number of benzene rings is 4. The molecule has 0 bridgehead atoms. The quantitative estimate of drug-likeness (QED) is 0.216. The third-order valence-electron chi connectivity index (χ3n) is 5.99. The molecule has 2 N–H and O–H groups in total. The summed E-state index contributed by atoms with van der Waals surface area (Å²) in [5.74, 6) is 0.912. The van der Waals surface area contributed by atoms with Crippen molar-refractivity contribution in [2.75, 3.05) is 13.2 Å². The van der Waals surface area contributed by atoms with Crippen LogP contribution in [0.2, 0.25) is 0 Å². The van der Waals surface area contributed by atoms with Crippen LogP contribution in [0.4, 0.5) is 0 Å². The van der Waals surface area contributed by atoms with Gasteiger partial charge < -0.3 is 19.7 Å². The lowest BCUT2D eigenvalue weighted by atomic mass is 9.94. The van der Waals surface area contributed by atoms with Crippen molar-refractivity contribution in [3.63, 3.8) is 0 Å². The fraction of sp³-hybridized carbons (Fsp3) is 0.188. The molecule has 0 fully saturated rings. The zero-order valence-corrected chi connectivity index (χ0v) is 21.6. The van der Waals surface area contributed by atoms with Crippen LogP contribution in [0.5, 0.6) is 23.0 Å². The van der Waals surface area contributed by atoms with Crippen molar-refractivity contribution in [2.45, 2.75) is 25.9 Å². The molecule has 0 aliphatic carbocycles. The highest BCUT2D eigenvalue weighted by atomic mass is 16.5. The van der Waals surface area contributed by atoms with Crippen LogP contribution in [-0.4, -0.2) is 35.9 Å². The second-order valence-electron chi connectivity index (χ2n) is 8.52. The molecule has 0 amide bonds. The van der Waals surface area contributed by atoms with Crippen LogP contribution < -0.4 is 9.47 Å². The minimum Gasteiger partial charge on any atom is -0.504 e. The molecule has 4 aromatic rings. The second-order valence-corrected chi connectivity index (χ2v) is 8.52. The van der Waals surface area contributed by atoms with Gasteiger partial charge in [-0.15, -0.1) is 0 Å². The molecular weight excluding hydrogens is 476 g/mol. The molecule has 0 saturated carbocycles. The smallest absolute Gasteiger partial charge is 0.166 e. The van der Waals surface area contributed by atoms with Gasteiger partial charge in [0.25, 0.3) is 0 Å². The Bertz CT molecular complexity index is 1260. The van der Waals surface area contributed by atoms with E-state index in [1.165, 1.54) is 0 Å². The Balaban J connectivity index is 1.79. The molecule has 0 aliphatic rings. The maximum atomic E-state index is 10.7. The Morgan fingerprint density at radius 2 is 0.974 bits per heavy atom. The summed E-state index contributed by atoms with van der Waals surface area (Å²) in [4.78, 5) is 9.89. The summed E-state index contributed by atoms with van der Waals surface area (Å²) in [5.41, 5.74) is 3.02. The maximum absolute atomic E-state index is 10.7. The first kappa shape index (κ1) is 26.5. The molecule has 2 atom stereocenters. The van der Waals surface area contributed by atoms with Gasteiger partial charge in [0, 0.05) is 23.6 Å². The van der Waals surface area contributed by atoms with Crippen LogP contribution in [0.25, 0.3) is 0 Å². The van der Waals surface area contributed by atoms with E-state index in [1.54, 1.807) is 36.7 Å². The Labute approximate surface area is 223 Å². The zero-order valence-electron chi connectivity index (χ0n) is 21.6. The van der Waals surface area contributed by atoms with Gasteiger partial charge in [0.15, 0.2) is 23.0 Å². The number of hydrogen-bond donors (Lipinski definition) is 2. The van der Waals surface area contributed by atoms with E-state index in [0.717, 1.165) is 11.1 Å². The maximum Gasteiger partial charge on any atom is 0.166 e. The summed E-state index contributed by atoms with van der Waals surface area (Å²) in [7, 11) is 0. The fourth-order valence-corrected chi connectivity index (χ4v) is 4.15. The van der Waals surface area contributed by atoms with Crippen molar-refractivity contribution in [3.8, 4) is 23.0 Å². The number of nitrogens with zero attached hydrogens (tertiary/aromatic N) is 2. The SMILES string of the molecule is CCOc1cccc(C=N[C@H](c2ccccc2)[C@@H](N=Cc2cccc(OCC)c2O)c2ccccc2)c1O. The molecule has 0 aromatic heterocycles. The van der Waals surface area contributed by atoms with Gasteiger partial charge in [0.2, 0.25) is 0 Å². The summed E-state index contributed by atoms with van der Waals surface area (Å²) in [5, 5.41) is 21.5. The summed E-state index contributed by atoms with van der Waals surface area (Å²) >= 11 is 0. The second kappa shape index (κ2) is 13.1. The zero-order chi connectivity index (χ0) is 26.7. The van der Waals surface area contributed by atoms with E-state index in [1.807, 2.05) is 86.6 Å². The molecule has 4 aromatic carbocycles. The highest BCUT2D eigenvalue weighted by molar-refractivity contribution is 5.86. The van der Waals surface area contributed by atoms with Crippen molar-refractivity contribution in [3.05, 3.63) is 119 Å². The van der Waals surface area contributed by atoms with E-state index >= 15 is 0 Å². The number of phenols is 2. The van der Waals surface area contributed by atoms with Gasteiger partial charge in [-0.3, -0.25) is 9.98 Å². The molecule has 6 nitrogen and oxygen atoms in total. The summed E-state index contributed by atoms with van der Waals surface area (Å²) in [6.07, 6.45) is 3.32. The van der Waals surface area contributed by atoms with Crippen molar-refractivity contribution < 1.29 is 19.7 Å². The van der Waals surface area contributed by atoms with Crippen molar-refractivity contribution in [1.29, 1.82) is 0 Å². The molecule has 0 unspecified atom stereocenters. The number of aliphatic imine (C=N–C) groups is 2. The van der Waals surface area contributed by atoms with Gasteiger partial charge in [-0.25, -0.2) is 0 Å². The van der Waals surface area contributed by atoms with Crippen LogP contribution in [-0.2, 0) is 0 Å². The number of ether oxygens (including phenoxy) is 2. The topological polar surface area (TPSA) is 83.6 Å². The van der Waals surface area contributed by atoms with Crippen LogP contribution in [0, 0.1) is 0 Å². The monoisotopic (exact) mass is 508 g/mol. The number of para-hydroxylation sites is 2.